The van der Waals surface area contributed by atoms with Crippen molar-refractivity contribution in [1.82, 2.24) is 10.1 Å². The lowest BCUT2D eigenvalue weighted by molar-refractivity contribution is 0.421. The van der Waals surface area contributed by atoms with E-state index in [0.717, 1.165) is 5.56 Å². The summed E-state index contributed by atoms with van der Waals surface area (Å²) in [6, 6.07) is 6.13. The average molecular weight is 286 g/mol. The highest BCUT2D eigenvalue weighted by Gasteiger charge is 2.08. The first-order chi connectivity index (χ1) is 8.54. The summed E-state index contributed by atoms with van der Waals surface area (Å²) >= 11 is 11.8. The van der Waals surface area contributed by atoms with Gasteiger partial charge in [-0.3, -0.25) is 0 Å². The van der Waals surface area contributed by atoms with Gasteiger partial charge in [-0.25, -0.2) is 0 Å². The summed E-state index contributed by atoms with van der Waals surface area (Å²) in [7, 11) is 0. The van der Waals surface area contributed by atoms with E-state index in [1.54, 1.807) is 12.1 Å². The minimum Gasteiger partial charge on any atom is -0.336 e. The van der Waals surface area contributed by atoms with Crippen LogP contribution in [0.25, 0.3) is 0 Å². The van der Waals surface area contributed by atoms with E-state index in [9.17, 15) is 0 Å². The number of halogens is 2. The number of rotatable bonds is 4. The summed E-state index contributed by atoms with van der Waals surface area (Å²) in [6.45, 7) is 4.01. The van der Waals surface area contributed by atoms with Gasteiger partial charge in [0, 0.05) is 12.5 Å². The Labute approximate surface area is 115 Å². The Hall–Kier alpha value is -1.26. The van der Waals surface area contributed by atoms with E-state index >= 15 is 0 Å². The maximum atomic E-state index is 5.95. The van der Waals surface area contributed by atoms with Crippen molar-refractivity contribution in [2.45, 2.75) is 26.3 Å². The molecule has 96 valence electrons. The van der Waals surface area contributed by atoms with Gasteiger partial charge in [-0.2, -0.15) is 4.98 Å². The summed E-state index contributed by atoms with van der Waals surface area (Å²) in [5.41, 5.74) is 0.987. The number of anilines is 1. The maximum Gasteiger partial charge on any atom is 0.321 e. The summed E-state index contributed by atoms with van der Waals surface area (Å²) in [5, 5.41) is 8.00. The van der Waals surface area contributed by atoms with Gasteiger partial charge in [0.2, 0.25) is 0 Å². The molecule has 0 unspecified atom stereocenters. The van der Waals surface area contributed by atoms with Crippen molar-refractivity contribution in [3.63, 3.8) is 0 Å². The van der Waals surface area contributed by atoms with Gasteiger partial charge in [-0.15, -0.1) is 0 Å². The number of hydrogen-bond donors (Lipinski definition) is 1. The Morgan fingerprint density at radius 3 is 2.72 bits per heavy atom. The summed E-state index contributed by atoms with van der Waals surface area (Å²) in [4.78, 5) is 4.23. The van der Waals surface area contributed by atoms with Crippen LogP contribution in [0.1, 0.15) is 25.2 Å². The molecular formula is C12H13Cl2N3O. The first kappa shape index (κ1) is 13.2. The molecule has 0 amide bonds. The predicted molar refractivity (Wildman–Crippen MR) is 72.3 cm³/mol. The topological polar surface area (TPSA) is 51.0 Å². The predicted octanol–water partition coefficient (Wildman–Crippen LogP) is 3.79. The molecule has 1 aromatic heterocycles. The smallest absolute Gasteiger partial charge is 0.321 e. The van der Waals surface area contributed by atoms with E-state index in [1.165, 1.54) is 0 Å². The average Bonchev–Trinajstić information content (AvgIpc) is 2.70. The molecule has 0 atom stereocenters. The molecule has 0 bridgehead atoms. The van der Waals surface area contributed by atoms with Crippen molar-refractivity contribution in [3.05, 3.63) is 39.6 Å². The Kier molecular flexibility index (Phi) is 4.09. The van der Waals surface area contributed by atoms with Crippen LogP contribution in [0, 0.1) is 0 Å². The number of aromatic nitrogens is 2. The van der Waals surface area contributed by atoms with Gasteiger partial charge < -0.3 is 9.84 Å². The van der Waals surface area contributed by atoms with Crippen molar-refractivity contribution in [3.8, 4) is 0 Å². The van der Waals surface area contributed by atoms with Gasteiger partial charge in [0.1, 0.15) is 0 Å². The number of benzene rings is 1. The first-order valence-electron chi connectivity index (χ1n) is 5.57. The van der Waals surface area contributed by atoms with Crippen LogP contribution < -0.4 is 5.32 Å². The van der Waals surface area contributed by atoms with Gasteiger partial charge in [0.25, 0.3) is 0 Å². The molecule has 4 nitrogen and oxygen atoms in total. The molecular weight excluding hydrogens is 273 g/mol. The number of hydrogen-bond acceptors (Lipinski definition) is 4. The Balaban J connectivity index is 2.08. The van der Waals surface area contributed by atoms with E-state index in [2.05, 4.69) is 15.5 Å². The highest BCUT2D eigenvalue weighted by molar-refractivity contribution is 6.42. The van der Waals surface area contributed by atoms with Gasteiger partial charge in [-0.05, 0) is 31.5 Å². The fourth-order valence-corrected chi connectivity index (χ4v) is 1.78. The Bertz CT molecular complexity index is 540. The van der Waals surface area contributed by atoms with E-state index in [4.69, 9.17) is 27.7 Å². The van der Waals surface area contributed by atoms with Crippen LogP contribution in [0.3, 0.4) is 0 Å². The Morgan fingerprint density at radius 1 is 1.28 bits per heavy atom. The first-order valence-corrected chi connectivity index (χ1v) is 6.33. The van der Waals surface area contributed by atoms with Gasteiger partial charge >= 0.3 is 6.01 Å². The van der Waals surface area contributed by atoms with Crippen LogP contribution in [0.4, 0.5) is 6.01 Å². The second-order valence-corrected chi connectivity index (χ2v) is 5.05. The van der Waals surface area contributed by atoms with Crippen molar-refractivity contribution in [1.29, 1.82) is 0 Å². The summed E-state index contributed by atoms with van der Waals surface area (Å²) in [6.07, 6.45) is 0.556. The monoisotopic (exact) mass is 285 g/mol. The highest BCUT2D eigenvalue weighted by atomic mass is 35.5. The van der Waals surface area contributed by atoms with E-state index < -0.39 is 0 Å². The third-order valence-corrected chi connectivity index (χ3v) is 2.97. The molecule has 0 radical (unpaired) electrons. The van der Waals surface area contributed by atoms with E-state index in [1.807, 2.05) is 19.9 Å². The molecule has 0 aliphatic rings. The zero-order valence-electron chi connectivity index (χ0n) is 10.1. The van der Waals surface area contributed by atoms with Crippen LogP contribution in [0.5, 0.6) is 0 Å². The Morgan fingerprint density at radius 2 is 2.06 bits per heavy atom. The van der Waals surface area contributed by atoms with Gasteiger partial charge in [-0.1, -0.05) is 34.4 Å². The third kappa shape index (κ3) is 3.37. The highest BCUT2D eigenvalue weighted by Crippen LogP contribution is 2.23. The van der Waals surface area contributed by atoms with Crippen LogP contribution in [-0.4, -0.2) is 16.2 Å². The van der Waals surface area contributed by atoms with Crippen LogP contribution >= 0.6 is 23.2 Å². The fraction of sp³-hybridized carbons (Fsp3) is 0.333. The zero-order chi connectivity index (χ0) is 13.1. The quantitative estimate of drug-likeness (QED) is 0.929. The number of nitrogens with one attached hydrogen (secondary N) is 1. The molecule has 18 heavy (non-hydrogen) atoms. The normalized spacial score (nSPS) is 10.9. The van der Waals surface area contributed by atoms with Gasteiger partial charge in [0.15, 0.2) is 5.82 Å². The second-order valence-electron chi connectivity index (χ2n) is 4.24. The third-order valence-electron chi connectivity index (χ3n) is 2.23. The fourth-order valence-electron chi connectivity index (χ4n) is 1.46. The molecule has 1 N–H and O–H groups in total. The van der Waals surface area contributed by atoms with Crippen molar-refractivity contribution in [2.75, 3.05) is 5.32 Å². The molecule has 0 saturated heterocycles. The van der Waals surface area contributed by atoms with E-state index in [-0.39, 0.29) is 6.04 Å². The minimum absolute atomic E-state index is 0.253. The van der Waals surface area contributed by atoms with Gasteiger partial charge in [0.05, 0.1) is 10.0 Å². The zero-order valence-corrected chi connectivity index (χ0v) is 11.6. The molecule has 1 heterocycles. The largest absolute Gasteiger partial charge is 0.336 e. The molecule has 6 heteroatoms. The standard InChI is InChI=1S/C12H13Cl2N3O/c1-7(2)15-12-16-11(17-18-12)6-8-3-4-9(13)10(14)5-8/h3-5,7H,6H2,1-2H3,(H,15,16,17). The lowest BCUT2D eigenvalue weighted by atomic mass is 10.1. The molecule has 0 aliphatic heterocycles. The van der Waals surface area contributed by atoms with Crippen LogP contribution in [0.2, 0.25) is 10.0 Å². The molecule has 0 aliphatic carbocycles. The van der Waals surface area contributed by atoms with Crippen LogP contribution in [0.15, 0.2) is 22.7 Å². The SMILES string of the molecule is CC(C)Nc1nc(Cc2ccc(Cl)c(Cl)c2)no1. The van der Waals surface area contributed by atoms with Crippen molar-refractivity contribution >= 4 is 29.2 Å². The minimum atomic E-state index is 0.253. The molecule has 1 aromatic carbocycles. The lowest BCUT2D eigenvalue weighted by Crippen LogP contribution is -2.09. The second kappa shape index (κ2) is 5.59. The summed E-state index contributed by atoms with van der Waals surface area (Å²) in [5.74, 6) is 0.608. The molecule has 2 aromatic rings. The molecule has 0 spiro atoms. The number of nitrogens with zero attached hydrogens (tertiary/aromatic N) is 2. The van der Waals surface area contributed by atoms with Crippen LogP contribution in [-0.2, 0) is 6.42 Å². The molecule has 2 rings (SSSR count). The maximum absolute atomic E-state index is 5.95. The summed E-state index contributed by atoms with van der Waals surface area (Å²) < 4.78 is 5.07. The van der Waals surface area contributed by atoms with E-state index in [0.29, 0.717) is 28.3 Å². The van der Waals surface area contributed by atoms with Crippen molar-refractivity contribution < 1.29 is 4.52 Å². The molecule has 0 fully saturated rings. The lowest BCUT2D eigenvalue weighted by Gasteiger charge is -2.02. The molecule has 0 saturated carbocycles. The van der Waals surface area contributed by atoms with Crippen molar-refractivity contribution in [2.24, 2.45) is 0 Å².